The van der Waals surface area contributed by atoms with Crippen molar-refractivity contribution in [3.63, 3.8) is 0 Å². The Morgan fingerprint density at radius 2 is 1.89 bits per heavy atom. The number of amides is 1. The first-order chi connectivity index (χ1) is 21.7. The average Bonchev–Trinajstić information content (AvgIpc) is 3.51. The molecule has 1 atom stereocenters. The van der Waals surface area contributed by atoms with Crippen molar-refractivity contribution in [3.05, 3.63) is 70.2 Å². The van der Waals surface area contributed by atoms with Crippen molar-refractivity contribution in [3.8, 4) is 23.3 Å². The maximum Gasteiger partial charge on any atom is 0.337 e. The van der Waals surface area contributed by atoms with Gasteiger partial charge in [0.15, 0.2) is 21.6 Å². The first-order valence-electron chi connectivity index (χ1n) is 13.6. The molecule has 2 aromatic carbocycles. The Morgan fingerprint density at radius 1 is 1.13 bits per heavy atom. The van der Waals surface area contributed by atoms with Crippen molar-refractivity contribution in [2.75, 3.05) is 37.3 Å². The highest BCUT2D eigenvalue weighted by Gasteiger charge is 2.43. The molecule has 2 heterocycles. The van der Waals surface area contributed by atoms with Crippen molar-refractivity contribution in [1.82, 2.24) is 10.2 Å². The Bertz CT molecular complexity index is 1790. The monoisotopic (exact) mass is 648 g/mol. The van der Waals surface area contributed by atoms with Gasteiger partial charge in [-0.1, -0.05) is 41.3 Å². The molecule has 2 aliphatic rings. The second-order valence-corrected chi connectivity index (χ2v) is 12.0. The number of benzene rings is 2. The number of nitriles is 1. The Balaban J connectivity index is 1.47. The summed E-state index contributed by atoms with van der Waals surface area (Å²) in [6.07, 6.45) is 1.38. The second-order valence-electron chi connectivity index (χ2n) is 9.78. The van der Waals surface area contributed by atoms with E-state index in [4.69, 9.17) is 19.9 Å². The van der Waals surface area contributed by atoms with Crippen molar-refractivity contribution in [2.24, 2.45) is 5.73 Å². The minimum absolute atomic E-state index is 0.0233. The smallest absolute Gasteiger partial charge is 0.337 e. The maximum atomic E-state index is 13.6. The number of hydrogen-bond acceptors (Lipinski definition) is 13. The molecule has 1 unspecified atom stereocenters. The van der Waals surface area contributed by atoms with Gasteiger partial charge in [0.25, 0.3) is 0 Å². The average molecular weight is 649 g/mol. The van der Waals surface area contributed by atoms with E-state index >= 15 is 0 Å². The zero-order valence-electron chi connectivity index (χ0n) is 24.4. The van der Waals surface area contributed by atoms with E-state index in [0.29, 0.717) is 62.8 Å². The van der Waals surface area contributed by atoms with E-state index in [1.165, 1.54) is 33.5 Å². The Hall–Kier alpha value is -5.07. The summed E-state index contributed by atoms with van der Waals surface area (Å²) in [5, 5.41) is 31.2. The number of carboxylic acids is 1. The minimum atomic E-state index is -1.15. The van der Waals surface area contributed by atoms with Gasteiger partial charge in [0.2, 0.25) is 16.8 Å². The molecule has 1 aliphatic carbocycles. The van der Waals surface area contributed by atoms with Crippen LogP contribution in [0.15, 0.2) is 63.4 Å². The standard InChI is InChI=1S/C30H28N6O7S2/c1-41-21-12-11-16(25(42-2)26(21)43-3)23-17(13-31)27(32)36(19-9-6-10-20(37)24(19)23)29-34-35-30(45-29)44-14-22(38)33-18-8-5-4-7-15(18)28(39)40/h4-5,7-8,11-12,23H,6,9-10,14,32H2,1-3H3,(H,33,38)(H,39,40). The summed E-state index contributed by atoms with van der Waals surface area (Å²) < 4.78 is 17.1. The maximum absolute atomic E-state index is 13.6. The van der Waals surface area contributed by atoms with Crippen LogP contribution < -0.4 is 30.2 Å². The predicted octanol–water partition coefficient (Wildman–Crippen LogP) is 4.30. The Morgan fingerprint density at radius 3 is 2.58 bits per heavy atom. The van der Waals surface area contributed by atoms with Crippen LogP contribution in [0.25, 0.3) is 0 Å². The van der Waals surface area contributed by atoms with Gasteiger partial charge in [0, 0.05) is 23.3 Å². The normalized spacial score (nSPS) is 16.2. The molecule has 13 nitrogen and oxygen atoms in total. The molecule has 0 fully saturated rings. The number of rotatable bonds is 10. The van der Waals surface area contributed by atoms with Crippen molar-refractivity contribution in [2.45, 2.75) is 29.5 Å². The van der Waals surface area contributed by atoms with Crippen LogP contribution in [0.3, 0.4) is 0 Å². The summed E-state index contributed by atoms with van der Waals surface area (Å²) in [6, 6.07) is 11.7. The van der Waals surface area contributed by atoms with Gasteiger partial charge < -0.3 is 30.4 Å². The quantitative estimate of drug-likeness (QED) is 0.264. The topological polar surface area (TPSA) is 190 Å². The molecule has 0 spiro atoms. The molecule has 0 saturated carbocycles. The third-order valence-electron chi connectivity index (χ3n) is 7.30. The number of aromatic carboxylic acids is 1. The molecule has 0 bridgehead atoms. The Kier molecular flexibility index (Phi) is 9.26. The number of allylic oxidation sites excluding steroid dienone is 3. The lowest BCUT2D eigenvalue weighted by molar-refractivity contribution is -0.116. The minimum Gasteiger partial charge on any atom is -0.493 e. The molecule has 3 aromatic rings. The molecule has 1 aliphatic heterocycles. The van der Waals surface area contributed by atoms with Gasteiger partial charge in [-0.05, 0) is 31.0 Å². The summed E-state index contributed by atoms with van der Waals surface area (Å²) >= 11 is 2.25. The zero-order valence-corrected chi connectivity index (χ0v) is 26.1. The molecular weight excluding hydrogens is 620 g/mol. The number of carbonyl (C=O) groups excluding carboxylic acids is 2. The lowest BCUT2D eigenvalue weighted by atomic mass is 9.75. The van der Waals surface area contributed by atoms with Gasteiger partial charge >= 0.3 is 5.97 Å². The van der Waals surface area contributed by atoms with Gasteiger partial charge in [-0.15, -0.1) is 10.2 Å². The lowest BCUT2D eigenvalue weighted by Gasteiger charge is -2.38. The van der Waals surface area contributed by atoms with Crippen molar-refractivity contribution < 1.29 is 33.7 Å². The summed E-state index contributed by atoms with van der Waals surface area (Å²) in [5.74, 6) is -1.42. The summed E-state index contributed by atoms with van der Waals surface area (Å²) in [6.45, 7) is 0. The second kappa shape index (κ2) is 13.3. The van der Waals surface area contributed by atoms with Crippen LogP contribution in [0.1, 0.15) is 41.1 Å². The van der Waals surface area contributed by atoms with E-state index in [2.05, 4.69) is 21.6 Å². The van der Waals surface area contributed by atoms with Gasteiger partial charge in [0.05, 0.1) is 55.9 Å². The number of nitrogens with one attached hydrogen (secondary N) is 1. The third kappa shape index (κ3) is 5.89. The van der Waals surface area contributed by atoms with Crippen LogP contribution in [0.4, 0.5) is 10.8 Å². The number of anilines is 2. The lowest BCUT2D eigenvalue weighted by Crippen LogP contribution is -2.38. The fraction of sp³-hybridized carbons (Fsp3) is 0.267. The van der Waals surface area contributed by atoms with Gasteiger partial charge in [-0.25, -0.2) is 4.79 Å². The molecule has 0 saturated heterocycles. The number of carboxylic acid groups (broad SMARTS) is 1. The van der Waals surface area contributed by atoms with Crippen LogP contribution in [-0.4, -0.2) is 60.0 Å². The van der Waals surface area contributed by atoms with Gasteiger partial charge in [-0.2, -0.15) is 5.26 Å². The van der Waals surface area contributed by atoms with Crippen LogP contribution in [0.5, 0.6) is 17.2 Å². The number of nitrogens with two attached hydrogens (primary N) is 1. The first kappa shape index (κ1) is 31.4. The molecular formula is C30H28N6O7S2. The van der Waals surface area contributed by atoms with E-state index in [1.807, 2.05) is 0 Å². The molecule has 1 amide bonds. The number of aromatic nitrogens is 2. The number of methoxy groups -OCH3 is 3. The number of ketones is 1. The fourth-order valence-electron chi connectivity index (χ4n) is 5.41. The highest BCUT2D eigenvalue weighted by Crippen LogP contribution is 2.52. The highest BCUT2D eigenvalue weighted by molar-refractivity contribution is 8.01. The number of hydrogen-bond donors (Lipinski definition) is 3. The van der Waals surface area contributed by atoms with Gasteiger partial charge in [-0.3, -0.25) is 14.5 Å². The number of thioether (sulfide) groups is 1. The number of carbonyl (C=O) groups is 3. The van der Waals surface area contributed by atoms with E-state index in [0.717, 1.165) is 23.1 Å². The van der Waals surface area contributed by atoms with Gasteiger partial charge in [0.1, 0.15) is 5.82 Å². The summed E-state index contributed by atoms with van der Waals surface area (Å²) in [4.78, 5) is 39.2. The molecule has 0 radical (unpaired) electrons. The van der Waals surface area contributed by atoms with Crippen molar-refractivity contribution >= 4 is 51.6 Å². The zero-order chi connectivity index (χ0) is 32.2. The predicted molar refractivity (Wildman–Crippen MR) is 167 cm³/mol. The van der Waals surface area contributed by atoms with Crippen LogP contribution in [-0.2, 0) is 9.59 Å². The van der Waals surface area contributed by atoms with Crippen LogP contribution >= 0.6 is 23.1 Å². The summed E-state index contributed by atoms with van der Waals surface area (Å²) in [5.41, 5.74) is 8.53. The molecule has 5 rings (SSSR count). The van der Waals surface area contributed by atoms with Crippen molar-refractivity contribution in [1.29, 1.82) is 5.26 Å². The summed E-state index contributed by atoms with van der Waals surface area (Å²) in [7, 11) is 4.44. The largest absolute Gasteiger partial charge is 0.493 e. The van der Waals surface area contributed by atoms with E-state index in [1.54, 1.807) is 29.2 Å². The third-order valence-corrected chi connectivity index (χ3v) is 9.35. The molecule has 232 valence electrons. The molecule has 4 N–H and O–H groups in total. The van der Waals surface area contributed by atoms with Crippen LogP contribution in [0, 0.1) is 11.3 Å². The number of Topliss-reactive ketones (excluding diaryl/α,β-unsaturated/α-hetero) is 1. The fourth-order valence-corrected chi connectivity index (χ4v) is 7.09. The van der Waals surface area contributed by atoms with Crippen LogP contribution in [0.2, 0.25) is 0 Å². The van der Waals surface area contributed by atoms with E-state index in [9.17, 15) is 24.8 Å². The SMILES string of the molecule is COc1ccc(C2C(C#N)=C(N)N(c3nnc(SCC(=O)Nc4ccccc4C(=O)O)s3)C3=C2C(=O)CCC3)c(OC)c1OC. The number of nitrogens with zero attached hydrogens (tertiary/aromatic N) is 4. The molecule has 45 heavy (non-hydrogen) atoms. The Labute approximate surface area is 266 Å². The van der Waals surface area contributed by atoms with E-state index in [-0.39, 0.29) is 34.2 Å². The molecule has 1 aromatic heterocycles. The number of ether oxygens (including phenoxy) is 3. The van der Waals surface area contributed by atoms with E-state index < -0.39 is 17.8 Å². The first-order valence-corrected chi connectivity index (χ1v) is 15.4. The number of para-hydroxylation sites is 1. The highest BCUT2D eigenvalue weighted by atomic mass is 32.2. The molecule has 15 heteroatoms.